The lowest BCUT2D eigenvalue weighted by Gasteiger charge is -2.04. The normalized spacial score (nSPS) is 11.2. The average Bonchev–Trinajstić information content (AvgIpc) is 3.53. The molecule has 0 unspecified atom stereocenters. The summed E-state index contributed by atoms with van der Waals surface area (Å²) in [6.07, 6.45) is 6.63. The molecule has 0 bridgehead atoms. The second-order valence-corrected chi connectivity index (χ2v) is 7.56. The first-order valence-electron chi connectivity index (χ1n) is 10.5. The highest BCUT2D eigenvalue weighted by molar-refractivity contribution is 6.03. The largest absolute Gasteiger partial charge is 0.318 e. The van der Waals surface area contributed by atoms with Gasteiger partial charge in [-0.2, -0.15) is 15.3 Å². The van der Waals surface area contributed by atoms with Crippen molar-refractivity contribution >= 4 is 17.2 Å². The molecular weight excluding hydrogens is 423 g/mol. The molecule has 0 fully saturated rings. The molecule has 1 amide bonds. The zero-order chi connectivity index (χ0) is 22.9. The predicted octanol–water partition coefficient (Wildman–Crippen LogP) is 3.56. The molecule has 0 saturated heterocycles. The van der Waals surface area contributed by atoms with Crippen LogP contribution in [-0.4, -0.2) is 40.1 Å². The fourth-order valence-corrected chi connectivity index (χ4v) is 3.74. The summed E-state index contributed by atoms with van der Waals surface area (Å²) in [4.78, 5) is 17.2. The van der Waals surface area contributed by atoms with Crippen molar-refractivity contribution in [2.75, 3.05) is 5.32 Å². The Morgan fingerprint density at radius 1 is 1.15 bits per heavy atom. The molecule has 4 heterocycles. The van der Waals surface area contributed by atoms with Crippen molar-refractivity contribution < 1.29 is 9.18 Å². The van der Waals surface area contributed by atoms with Crippen molar-refractivity contribution in [3.05, 3.63) is 84.0 Å². The van der Waals surface area contributed by atoms with E-state index in [1.165, 1.54) is 12.3 Å². The van der Waals surface area contributed by atoms with Gasteiger partial charge >= 0.3 is 0 Å². The first kappa shape index (κ1) is 20.6. The Bertz CT molecular complexity index is 1460. The Hall–Kier alpha value is -4.34. The SMILES string of the molecule is CCn1ncc(-c2ccnc3cc(C(=O)Nc4cnn(Cc5ccccc5F)c4)nn23)c1C. The minimum atomic E-state index is -0.391. The molecule has 10 heteroatoms. The fraction of sp³-hybridized carbons (Fsp3) is 0.174. The fourth-order valence-electron chi connectivity index (χ4n) is 3.74. The lowest BCUT2D eigenvalue weighted by molar-refractivity contribution is 0.102. The van der Waals surface area contributed by atoms with Gasteiger partial charge in [0.25, 0.3) is 5.91 Å². The number of rotatable bonds is 6. The van der Waals surface area contributed by atoms with E-state index in [0.717, 1.165) is 23.5 Å². The van der Waals surface area contributed by atoms with E-state index in [4.69, 9.17) is 0 Å². The van der Waals surface area contributed by atoms with Gasteiger partial charge in [0.05, 0.1) is 30.3 Å². The van der Waals surface area contributed by atoms with E-state index < -0.39 is 5.91 Å². The Morgan fingerprint density at radius 2 is 2.00 bits per heavy atom. The molecule has 5 aromatic rings. The number of carbonyl (C=O) groups excluding carboxylic acids is 1. The van der Waals surface area contributed by atoms with E-state index >= 15 is 0 Å². The van der Waals surface area contributed by atoms with Crippen LogP contribution in [0.5, 0.6) is 0 Å². The van der Waals surface area contributed by atoms with Crippen molar-refractivity contribution in [1.29, 1.82) is 0 Å². The van der Waals surface area contributed by atoms with Gasteiger partial charge in [0.15, 0.2) is 11.3 Å². The number of fused-ring (bicyclic) bond motifs is 1. The van der Waals surface area contributed by atoms with Crippen LogP contribution in [0.15, 0.2) is 61.2 Å². The van der Waals surface area contributed by atoms with E-state index in [1.807, 2.05) is 24.6 Å². The molecule has 9 nitrogen and oxygen atoms in total. The van der Waals surface area contributed by atoms with E-state index in [1.54, 1.807) is 52.1 Å². The van der Waals surface area contributed by atoms with Crippen molar-refractivity contribution in [2.45, 2.75) is 26.9 Å². The maximum atomic E-state index is 13.9. The molecule has 0 spiro atoms. The highest BCUT2D eigenvalue weighted by Gasteiger charge is 2.17. The smallest absolute Gasteiger partial charge is 0.276 e. The maximum Gasteiger partial charge on any atom is 0.276 e. The molecule has 0 aliphatic rings. The second kappa shape index (κ2) is 8.30. The third-order valence-corrected chi connectivity index (χ3v) is 5.45. The Balaban J connectivity index is 1.38. The van der Waals surface area contributed by atoms with Crippen LogP contribution < -0.4 is 5.32 Å². The summed E-state index contributed by atoms with van der Waals surface area (Å²) in [5, 5.41) is 15.9. The zero-order valence-corrected chi connectivity index (χ0v) is 18.1. The van der Waals surface area contributed by atoms with E-state index in [-0.39, 0.29) is 18.1 Å². The second-order valence-electron chi connectivity index (χ2n) is 7.56. The van der Waals surface area contributed by atoms with E-state index in [9.17, 15) is 9.18 Å². The van der Waals surface area contributed by atoms with Gasteiger partial charge in [-0.15, -0.1) is 0 Å². The summed E-state index contributed by atoms with van der Waals surface area (Å²) in [7, 11) is 0. The number of amides is 1. The number of hydrogen-bond donors (Lipinski definition) is 1. The number of anilines is 1. The number of aromatic nitrogens is 7. The summed E-state index contributed by atoms with van der Waals surface area (Å²) in [5.41, 5.74) is 4.51. The average molecular weight is 444 g/mol. The minimum absolute atomic E-state index is 0.220. The van der Waals surface area contributed by atoms with Crippen LogP contribution in [0, 0.1) is 12.7 Å². The highest BCUT2D eigenvalue weighted by Crippen LogP contribution is 2.23. The van der Waals surface area contributed by atoms with Gasteiger partial charge in [-0.3, -0.25) is 14.2 Å². The number of aryl methyl sites for hydroxylation is 1. The maximum absolute atomic E-state index is 13.9. The number of halogens is 1. The molecule has 0 aliphatic heterocycles. The number of carbonyl (C=O) groups is 1. The number of nitrogens with one attached hydrogen (secondary N) is 1. The van der Waals surface area contributed by atoms with Gasteiger partial charge in [-0.05, 0) is 26.0 Å². The molecule has 33 heavy (non-hydrogen) atoms. The molecule has 0 aliphatic carbocycles. The summed E-state index contributed by atoms with van der Waals surface area (Å²) in [6, 6.07) is 9.98. The first-order chi connectivity index (χ1) is 16.0. The summed E-state index contributed by atoms with van der Waals surface area (Å²) >= 11 is 0. The lowest BCUT2D eigenvalue weighted by atomic mass is 10.2. The van der Waals surface area contributed by atoms with Gasteiger partial charge in [-0.25, -0.2) is 13.9 Å². The molecule has 1 N–H and O–H groups in total. The van der Waals surface area contributed by atoms with Crippen LogP contribution in [-0.2, 0) is 13.1 Å². The van der Waals surface area contributed by atoms with Crippen molar-refractivity contribution in [3.63, 3.8) is 0 Å². The minimum Gasteiger partial charge on any atom is -0.318 e. The van der Waals surface area contributed by atoms with Gasteiger partial charge < -0.3 is 5.32 Å². The molecule has 166 valence electrons. The number of benzene rings is 1. The third-order valence-electron chi connectivity index (χ3n) is 5.45. The highest BCUT2D eigenvalue weighted by atomic mass is 19.1. The van der Waals surface area contributed by atoms with Crippen molar-refractivity contribution in [3.8, 4) is 11.3 Å². The van der Waals surface area contributed by atoms with E-state index in [2.05, 4.69) is 25.6 Å². The first-order valence-corrected chi connectivity index (χ1v) is 10.5. The zero-order valence-electron chi connectivity index (χ0n) is 18.1. The molecule has 0 saturated carbocycles. The van der Waals surface area contributed by atoms with E-state index in [0.29, 0.717) is 16.9 Å². The Kier molecular flexibility index (Phi) is 5.17. The number of hydrogen-bond acceptors (Lipinski definition) is 5. The van der Waals surface area contributed by atoms with Crippen LogP contribution in [0.3, 0.4) is 0 Å². The molecule has 5 rings (SSSR count). The van der Waals surface area contributed by atoms with Gasteiger partial charge in [-0.1, -0.05) is 18.2 Å². The lowest BCUT2D eigenvalue weighted by Crippen LogP contribution is -2.12. The Labute approximate surface area is 188 Å². The molecule has 0 radical (unpaired) electrons. The van der Waals surface area contributed by atoms with Crippen LogP contribution in [0.2, 0.25) is 0 Å². The molecule has 1 aromatic carbocycles. The van der Waals surface area contributed by atoms with Gasteiger partial charge in [0.1, 0.15) is 5.82 Å². The van der Waals surface area contributed by atoms with Crippen LogP contribution in [0.25, 0.3) is 16.9 Å². The standard InChI is InChI=1S/C23H21FN8O/c1-3-31-15(2)18(12-27-31)21-8-9-25-22-10-20(29-32(21)22)23(33)28-17-11-26-30(14-17)13-16-6-4-5-7-19(16)24/h4-12,14H,3,13H2,1-2H3,(H,28,33). The number of nitrogens with zero attached hydrogens (tertiary/aromatic N) is 7. The summed E-state index contributed by atoms with van der Waals surface area (Å²) in [5.74, 6) is -0.691. The Morgan fingerprint density at radius 3 is 2.79 bits per heavy atom. The summed E-state index contributed by atoms with van der Waals surface area (Å²) < 4.78 is 19.0. The van der Waals surface area contributed by atoms with Gasteiger partial charge in [0, 0.05) is 41.8 Å². The third kappa shape index (κ3) is 3.86. The molecular formula is C23H21FN8O. The molecule has 0 atom stereocenters. The quantitative estimate of drug-likeness (QED) is 0.432. The monoisotopic (exact) mass is 444 g/mol. The van der Waals surface area contributed by atoms with Crippen LogP contribution in [0.1, 0.15) is 28.7 Å². The summed E-state index contributed by atoms with van der Waals surface area (Å²) in [6.45, 7) is 5.04. The molecule has 4 aromatic heterocycles. The van der Waals surface area contributed by atoms with Crippen molar-refractivity contribution in [2.24, 2.45) is 0 Å². The topological polar surface area (TPSA) is 94.9 Å². The predicted molar refractivity (Wildman–Crippen MR) is 120 cm³/mol. The van der Waals surface area contributed by atoms with Crippen LogP contribution in [0.4, 0.5) is 10.1 Å². The van der Waals surface area contributed by atoms with Crippen LogP contribution >= 0.6 is 0 Å². The van der Waals surface area contributed by atoms with Crippen molar-refractivity contribution in [1.82, 2.24) is 34.2 Å². The van der Waals surface area contributed by atoms with Gasteiger partial charge in [0.2, 0.25) is 0 Å².